The van der Waals surface area contributed by atoms with E-state index in [0.29, 0.717) is 50.9 Å². The van der Waals surface area contributed by atoms with Crippen molar-refractivity contribution in [2.75, 3.05) is 17.7 Å². The quantitative estimate of drug-likeness (QED) is 0.289. The Morgan fingerprint density at radius 2 is 1.88 bits per heavy atom. The highest BCUT2D eigenvalue weighted by Crippen LogP contribution is 2.35. The summed E-state index contributed by atoms with van der Waals surface area (Å²) in [5, 5.41) is 10.6. The fraction of sp³-hybridized carbons (Fsp3) is 0.103. The van der Waals surface area contributed by atoms with Crippen molar-refractivity contribution < 1.29 is 14.1 Å². The molecule has 5 aromatic rings. The zero-order valence-electron chi connectivity index (χ0n) is 21.3. The van der Waals surface area contributed by atoms with E-state index in [2.05, 4.69) is 30.7 Å². The second-order valence-electron chi connectivity index (χ2n) is 9.22. The van der Waals surface area contributed by atoms with Gasteiger partial charge in [-0.05, 0) is 42.5 Å². The van der Waals surface area contributed by atoms with Crippen LogP contribution in [-0.4, -0.2) is 43.9 Å². The highest BCUT2D eigenvalue weighted by atomic mass is 35.5. The summed E-state index contributed by atoms with van der Waals surface area (Å²) in [4.78, 5) is 40.3. The lowest BCUT2D eigenvalue weighted by Gasteiger charge is -2.15. The third-order valence-electron chi connectivity index (χ3n) is 6.33. The zero-order chi connectivity index (χ0) is 27.6. The van der Waals surface area contributed by atoms with E-state index >= 15 is 0 Å². The number of benzene rings is 3. The molecule has 0 spiro atoms. The zero-order valence-corrected chi connectivity index (χ0v) is 22.0. The van der Waals surface area contributed by atoms with Crippen molar-refractivity contribution >= 4 is 40.7 Å². The Balaban J connectivity index is 1.15. The van der Waals surface area contributed by atoms with Gasteiger partial charge in [-0.15, -0.1) is 0 Å². The molecule has 2 N–H and O–H groups in total. The van der Waals surface area contributed by atoms with Gasteiger partial charge in [0.2, 0.25) is 23.6 Å². The largest absolute Gasteiger partial charge is 0.337 e. The number of hydrogen-bond acceptors (Lipinski definition) is 8. The number of nitrogens with one attached hydrogen (secondary N) is 2. The number of carbonyl (C=O) groups excluding carboxylic acids is 2. The van der Waals surface area contributed by atoms with Gasteiger partial charge in [0.25, 0.3) is 5.91 Å². The van der Waals surface area contributed by atoms with Crippen LogP contribution < -0.4 is 10.6 Å². The summed E-state index contributed by atoms with van der Waals surface area (Å²) in [5.74, 6) is 0.819. The predicted molar refractivity (Wildman–Crippen MR) is 150 cm³/mol. The number of amides is 2. The standard InChI is InChI=1S/C29H22ClN7O3/c1-37(16-25-34-27(36-40-25)17-5-3-2-4-6-17)28(39)18-7-10-21(11-8-18)32-29-31-15-19-13-24(38)33-23-14-20(30)9-12-22(23)26(19)35-29/h2-12,14-15H,13,16H2,1H3,(H,33,38)(H,31,32,35). The molecule has 3 aromatic carbocycles. The summed E-state index contributed by atoms with van der Waals surface area (Å²) in [6.07, 6.45) is 1.80. The maximum Gasteiger partial charge on any atom is 0.254 e. The van der Waals surface area contributed by atoms with E-state index in [1.54, 1.807) is 49.6 Å². The molecule has 1 aliphatic heterocycles. The van der Waals surface area contributed by atoms with Crippen LogP contribution in [0.2, 0.25) is 5.02 Å². The van der Waals surface area contributed by atoms with Crippen LogP contribution in [0.4, 0.5) is 17.3 Å². The minimum atomic E-state index is -0.195. The lowest BCUT2D eigenvalue weighted by molar-refractivity contribution is -0.115. The first kappa shape index (κ1) is 25.2. The van der Waals surface area contributed by atoms with Crippen LogP contribution >= 0.6 is 11.6 Å². The van der Waals surface area contributed by atoms with E-state index in [1.807, 2.05) is 36.4 Å². The second kappa shape index (κ2) is 10.6. The number of carbonyl (C=O) groups is 2. The summed E-state index contributed by atoms with van der Waals surface area (Å²) in [6, 6.07) is 21.7. The first-order valence-corrected chi connectivity index (χ1v) is 12.8. The molecule has 0 unspecified atom stereocenters. The molecule has 0 radical (unpaired) electrons. The van der Waals surface area contributed by atoms with Crippen molar-refractivity contribution in [1.29, 1.82) is 0 Å². The Hall–Kier alpha value is -5.09. The van der Waals surface area contributed by atoms with Crippen LogP contribution in [0, 0.1) is 0 Å². The SMILES string of the molecule is CN(Cc1nc(-c2ccccc2)no1)C(=O)c1ccc(Nc2ncc3c(n2)-c2ccc(Cl)cc2NC(=O)C3)cc1. The average Bonchev–Trinajstić information content (AvgIpc) is 3.37. The van der Waals surface area contributed by atoms with Crippen molar-refractivity contribution in [3.05, 3.63) is 101 Å². The lowest BCUT2D eigenvalue weighted by atomic mass is 10.1. The number of anilines is 3. The van der Waals surface area contributed by atoms with Crippen molar-refractivity contribution in [2.45, 2.75) is 13.0 Å². The molecule has 6 rings (SSSR count). The first-order valence-electron chi connectivity index (χ1n) is 12.4. The Labute approximate surface area is 234 Å². The molecule has 10 nitrogen and oxygen atoms in total. The average molecular weight is 552 g/mol. The molecule has 0 atom stereocenters. The normalized spacial score (nSPS) is 12.1. The van der Waals surface area contributed by atoms with Crippen LogP contribution in [0.3, 0.4) is 0 Å². The van der Waals surface area contributed by atoms with Gasteiger partial charge in [0, 0.05) is 46.2 Å². The number of hydrogen-bond donors (Lipinski definition) is 2. The van der Waals surface area contributed by atoms with Gasteiger partial charge in [-0.1, -0.05) is 47.1 Å². The molecule has 1 aliphatic rings. The van der Waals surface area contributed by atoms with Crippen LogP contribution in [0.25, 0.3) is 22.6 Å². The van der Waals surface area contributed by atoms with Crippen molar-refractivity contribution in [1.82, 2.24) is 25.0 Å². The minimum absolute atomic E-state index is 0.156. The maximum absolute atomic E-state index is 13.0. The molecule has 0 aliphatic carbocycles. The second-order valence-corrected chi connectivity index (χ2v) is 9.66. The van der Waals surface area contributed by atoms with Crippen molar-refractivity contribution in [3.63, 3.8) is 0 Å². The molecule has 0 fully saturated rings. The van der Waals surface area contributed by atoms with E-state index < -0.39 is 0 Å². The van der Waals surface area contributed by atoms with Crippen molar-refractivity contribution in [2.24, 2.45) is 0 Å². The number of nitrogens with zero attached hydrogens (tertiary/aromatic N) is 5. The number of rotatable bonds is 6. The minimum Gasteiger partial charge on any atom is -0.337 e. The number of fused-ring (bicyclic) bond motifs is 3. The fourth-order valence-electron chi connectivity index (χ4n) is 4.37. The van der Waals surface area contributed by atoms with E-state index in [0.717, 1.165) is 11.1 Å². The number of aromatic nitrogens is 4. The summed E-state index contributed by atoms with van der Waals surface area (Å²) >= 11 is 6.13. The highest BCUT2D eigenvalue weighted by molar-refractivity contribution is 6.31. The van der Waals surface area contributed by atoms with Gasteiger partial charge in [0.15, 0.2) is 0 Å². The van der Waals surface area contributed by atoms with Gasteiger partial charge in [-0.25, -0.2) is 9.97 Å². The Kier molecular flexibility index (Phi) is 6.67. The Morgan fingerprint density at radius 3 is 2.67 bits per heavy atom. The third-order valence-corrected chi connectivity index (χ3v) is 6.57. The monoisotopic (exact) mass is 551 g/mol. The molecular weight excluding hydrogens is 530 g/mol. The molecular formula is C29H22ClN7O3. The van der Waals surface area contributed by atoms with Gasteiger partial charge in [-0.2, -0.15) is 4.98 Å². The van der Waals surface area contributed by atoms with Crippen LogP contribution in [0.15, 0.2) is 83.5 Å². The van der Waals surface area contributed by atoms with E-state index in [4.69, 9.17) is 16.1 Å². The van der Waals surface area contributed by atoms with E-state index in [1.165, 1.54) is 4.90 Å². The molecule has 198 valence electrons. The van der Waals surface area contributed by atoms with Gasteiger partial charge < -0.3 is 20.1 Å². The Morgan fingerprint density at radius 1 is 1.07 bits per heavy atom. The number of halogens is 1. The molecule has 2 aromatic heterocycles. The first-order chi connectivity index (χ1) is 19.4. The third kappa shape index (κ3) is 5.25. The maximum atomic E-state index is 13.0. The smallest absolute Gasteiger partial charge is 0.254 e. The molecule has 2 amide bonds. The summed E-state index contributed by atoms with van der Waals surface area (Å²) in [5.41, 5.74) is 4.75. The van der Waals surface area contributed by atoms with Crippen molar-refractivity contribution in [3.8, 4) is 22.6 Å². The van der Waals surface area contributed by atoms with Gasteiger partial charge >= 0.3 is 0 Å². The summed E-state index contributed by atoms with van der Waals surface area (Å²) in [6.45, 7) is 0.172. The summed E-state index contributed by atoms with van der Waals surface area (Å²) < 4.78 is 5.33. The molecule has 11 heteroatoms. The van der Waals surface area contributed by atoms with Crippen LogP contribution in [-0.2, 0) is 17.8 Å². The molecule has 0 saturated heterocycles. The van der Waals surface area contributed by atoms with Gasteiger partial charge in [0.1, 0.15) is 0 Å². The molecule has 0 bridgehead atoms. The molecule has 0 saturated carbocycles. The van der Waals surface area contributed by atoms with Crippen LogP contribution in [0.1, 0.15) is 21.8 Å². The lowest BCUT2D eigenvalue weighted by Crippen LogP contribution is -2.26. The van der Waals surface area contributed by atoms with Gasteiger partial charge in [-0.3, -0.25) is 9.59 Å². The highest BCUT2D eigenvalue weighted by Gasteiger charge is 2.22. The molecule has 40 heavy (non-hydrogen) atoms. The molecule has 3 heterocycles. The van der Waals surface area contributed by atoms with E-state index in [-0.39, 0.29) is 24.8 Å². The van der Waals surface area contributed by atoms with E-state index in [9.17, 15) is 9.59 Å². The van der Waals surface area contributed by atoms with Crippen LogP contribution in [0.5, 0.6) is 0 Å². The summed E-state index contributed by atoms with van der Waals surface area (Å²) in [7, 11) is 1.68. The van der Waals surface area contributed by atoms with Gasteiger partial charge in [0.05, 0.1) is 24.3 Å². The topological polar surface area (TPSA) is 126 Å². The fourth-order valence-corrected chi connectivity index (χ4v) is 4.54. The predicted octanol–water partition coefficient (Wildman–Crippen LogP) is 5.36. The Bertz CT molecular complexity index is 1720.